The standard InChI is InChI=1S/C20H31N5O2/c1-13-2-4-15(5-3-13)27-18-10-14(6-9-22-18)11-23-20(26)19-16-12-21-8-7-17(16)24-25-19/h6,9-10,13,15-17,19,21,24-25H,2-5,7-8,11-12H2,1H3,(H,23,26). The van der Waals surface area contributed by atoms with Crippen molar-refractivity contribution in [3.8, 4) is 5.88 Å². The molecule has 0 aromatic carbocycles. The van der Waals surface area contributed by atoms with Crippen LogP contribution < -0.4 is 26.2 Å². The number of carbonyl (C=O) groups is 1. The number of ether oxygens (including phenoxy) is 1. The first-order chi connectivity index (χ1) is 13.2. The molecule has 1 amide bonds. The molecule has 0 radical (unpaired) electrons. The van der Waals surface area contributed by atoms with Crippen LogP contribution in [0.1, 0.15) is 44.6 Å². The van der Waals surface area contributed by atoms with Crippen LogP contribution in [0.4, 0.5) is 0 Å². The van der Waals surface area contributed by atoms with E-state index in [4.69, 9.17) is 4.74 Å². The predicted octanol–water partition coefficient (Wildman–Crippen LogP) is 1.11. The van der Waals surface area contributed by atoms with E-state index in [2.05, 4.69) is 33.4 Å². The van der Waals surface area contributed by atoms with Crippen molar-refractivity contribution in [2.24, 2.45) is 11.8 Å². The summed E-state index contributed by atoms with van der Waals surface area (Å²) in [4.78, 5) is 17.0. The van der Waals surface area contributed by atoms with Crippen LogP contribution >= 0.6 is 0 Å². The first-order valence-electron chi connectivity index (χ1n) is 10.3. The smallest absolute Gasteiger partial charge is 0.239 e. The van der Waals surface area contributed by atoms with Crippen LogP contribution in [0.15, 0.2) is 18.3 Å². The molecule has 1 aliphatic carbocycles. The quantitative estimate of drug-likeness (QED) is 0.619. The maximum atomic E-state index is 12.6. The van der Waals surface area contributed by atoms with Crippen LogP contribution in [0.3, 0.4) is 0 Å². The third kappa shape index (κ3) is 4.59. The molecule has 27 heavy (non-hydrogen) atoms. The van der Waals surface area contributed by atoms with Crippen LogP contribution in [0.5, 0.6) is 5.88 Å². The highest BCUT2D eigenvalue weighted by molar-refractivity contribution is 5.82. The molecule has 3 fully saturated rings. The van der Waals surface area contributed by atoms with Crippen LogP contribution in [0.2, 0.25) is 0 Å². The minimum Gasteiger partial charge on any atom is -0.474 e. The van der Waals surface area contributed by atoms with Gasteiger partial charge in [-0.3, -0.25) is 10.2 Å². The Morgan fingerprint density at radius 2 is 2.11 bits per heavy atom. The van der Waals surface area contributed by atoms with E-state index in [1.54, 1.807) is 6.20 Å². The molecule has 0 bridgehead atoms. The van der Waals surface area contributed by atoms with Gasteiger partial charge in [0.25, 0.3) is 0 Å². The Kier molecular flexibility index (Phi) is 5.90. The molecular formula is C20H31N5O2. The lowest BCUT2D eigenvalue weighted by Crippen LogP contribution is -2.49. The summed E-state index contributed by atoms with van der Waals surface area (Å²) < 4.78 is 6.07. The highest BCUT2D eigenvalue weighted by Gasteiger charge is 2.40. The van der Waals surface area contributed by atoms with Gasteiger partial charge < -0.3 is 15.4 Å². The molecule has 1 saturated carbocycles. The molecule has 7 heteroatoms. The predicted molar refractivity (Wildman–Crippen MR) is 103 cm³/mol. The second kappa shape index (κ2) is 8.54. The van der Waals surface area contributed by atoms with E-state index in [1.807, 2.05) is 12.1 Å². The maximum absolute atomic E-state index is 12.6. The van der Waals surface area contributed by atoms with Gasteiger partial charge in [0.1, 0.15) is 12.1 Å². The number of nitrogens with one attached hydrogen (secondary N) is 4. The molecule has 148 valence electrons. The van der Waals surface area contributed by atoms with Gasteiger partial charge in [0.15, 0.2) is 0 Å². The molecule has 3 aliphatic rings. The lowest BCUT2D eigenvalue weighted by molar-refractivity contribution is -0.124. The fraction of sp³-hybridized carbons (Fsp3) is 0.700. The van der Waals surface area contributed by atoms with E-state index < -0.39 is 0 Å². The van der Waals surface area contributed by atoms with E-state index in [-0.39, 0.29) is 18.1 Å². The van der Waals surface area contributed by atoms with Crippen molar-refractivity contribution in [3.05, 3.63) is 23.9 Å². The zero-order chi connectivity index (χ0) is 18.6. The summed E-state index contributed by atoms with van der Waals surface area (Å²) in [6.07, 6.45) is 7.72. The Morgan fingerprint density at radius 3 is 2.96 bits per heavy atom. The third-order valence-electron chi connectivity index (χ3n) is 6.18. The lowest BCUT2D eigenvalue weighted by Gasteiger charge is -2.27. The first-order valence-corrected chi connectivity index (χ1v) is 10.3. The Morgan fingerprint density at radius 1 is 1.26 bits per heavy atom. The van der Waals surface area contributed by atoms with Gasteiger partial charge in [-0.15, -0.1) is 0 Å². The van der Waals surface area contributed by atoms with Crippen molar-refractivity contribution in [2.45, 2.75) is 63.8 Å². The highest BCUT2D eigenvalue weighted by atomic mass is 16.5. The molecule has 3 atom stereocenters. The van der Waals surface area contributed by atoms with E-state index >= 15 is 0 Å². The first kappa shape index (κ1) is 18.7. The molecule has 3 unspecified atom stereocenters. The van der Waals surface area contributed by atoms with Gasteiger partial charge in [0.2, 0.25) is 11.8 Å². The Bertz CT molecular complexity index is 647. The maximum Gasteiger partial charge on any atom is 0.239 e. The monoisotopic (exact) mass is 373 g/mol. The molecule has 4 rings (SSSR count). The van der Waals surface area contributed by atoms with Gasteiger partial charge in [0.05, 0.1) is 0 Å². The van der Waals surface area contributed by atoms with E-state index in [1.165, 1.54) is 12.8 Å². The van der Waals surface area contributed by atoms with Crippen molar-refractivity contribution in [2.75, 3.05) is 13.1 Å². The SMILES string of the molecule is CC1CCC(Oc2cc(CNC(=O)C3NNC4CCNCC43)ccn2)CC1. The Balaban J connectivity index is 1.29. The minimum atomic E-state index is -0.190. The second-order valence-electron chi connectivity index (χ2n) is 8.25. The molecule has 3 heterocycles. The van der Waals surface area contributed by atoms with Crippen LogP contribution in [-0.4, -0.2) is 42.2 Å². The Hall–Kier alpha value is -1.70. The van der Waals surface area contributed by atoms with Crippen molar-refractivity contribution in [1.82, 2.24) is 26.5 Å². The number of pyridine rings is 1. The molecular weight excluding hydrogens is 342 g/mol. The van der Waals surface area contributed by atoms with Crippen LogP contribution in [0, 0.1) is 11.8 Å². The second-order valence-corrected chi connectivity index (χ2v) is 8.25. The highest BCUT2D eigenvalue weighted by Crippen LogP contribution is 2.26. The molecule has 1 aromatic rings. The number of hydrazine groups is 1. The van der Waals surface area contributed by atoms with Crippen LogP contribution in [0.25, 0.3) is 0 Å². The summed E-state index contributed by atoms with van der Waals surface area (Å²) in [5.74, 6) is 1.80. The van der Waals surface area contributed by atoms with Crippen LogP contribution in [-0.2, 0) is 11.3 Å². The Labute approximate surface area is 161 Å². The third-order valence-corrected chi connectivity index (χ3v) is 6.18. The summed E-state index contributed by atoms with van der Waals surface area (Å²) in [6.45, 7) is 4.67. The van der Waals surface area contributed by atoms with Gasteiger partial charge in [-0.05, 0) is 56.2 Å². The topological polar surface area (TPSA) is 87.3 Å². The number of nitrogens with zero attached hydrogens (tertiary/aromatic N) is 1. The molecule has 1 aromatic heterocycles. The van der Waals surface area contributed by atoms with Gasteiger partial charge in [0, 0.05) is 37.3 Å². The van der Waals surface area contributed by atoms with E-state index in [0.717, 1.165) is 43.8 Å². The van der Waals surface area contributed by atoms with E-state index in [0.29, 0.717) is 24.4 Å². The summed E-state index contributed by atoms with van der Waals surface area (Å²) in [7, 11) is 0. The van der Waals surface area contributed by atoms with Gasteiger partial charge in [-0.1, -0.05) is 6.92 Å². The number of hydrogen-bond acceptors (Lipinski definition) is 6. The van der Waals surface area contributed by atoms with Crippen molar-refractivity contribution >= 4 is 5.91 Å². The summed E-state index contributed by atoms with van der Waals surface area (Å²) in [5.41, 5.74) is 7.44. The molecule has 0 spiro atoms. The lowest BCUT2D eigenvalue weighted by atomic mass is 9.89. The zero-order valence-electron chi connectivity index (χ0n) is 16.0. The fourth-order valence-corrected chi connectivity index (χ4v) is 4.42. The molecule has 2 aliphatic heterocycles. The number of amides is 1. The summed E-state index contributed by atoms with van der Waals surface area (Å²) >= 11 is 0. The minimum absolute atomic E-state index is 0.0410. The van der Waals surface area contributed by atoms with E-state index in [9.17, 15) is 4.79 Å². The number of fused-ring (bicyclic) bond motifs is 1. The number of aromatic nitrogens is 1. The average molecular weight is 374 g/mol. The van der Waals surface area contributed by atoms with Crippen molar-refractivity contribution in [3.63, 3.8) is 0 Å². The largest absolute Gasteiger partial charge is 0.474 e. The summed E-state index contributed by atoms with van der Waals surface area (Å²) in [5, 5.41) is 6.44. The normalized spacial score (nSPS) is 33.3. The average Bonchev–Trinajstić information content (AvgIpc) is 3.13. The van der Waals surface area contributed by atoms with Gasteiger partial charge >= 0.3 is 0 Å². The fourth-order valence-electron chi connectivity index (χ4n) is 4.42. The number of rotatable bonds is 5. The van der Waals surface area contributed by atoms with Crippen molar-refractivity contribution < 1.29 is 9.53 Å². The summed E-state index contributed by atoms with van der Waals surface area (Å²) in [6, 6.07) is 4.07. The number of piperidine rings is 1. The molecule has 7 nitrogen and oxygen atoms in total. The van der Waals surface area contributed by atoms with Gasteiger partial charge in [-0.2, -0.15) is 0 Å². The zero-order valence-corrected chi connectivity index (χ0v) is 16.0. The number of hydrogen-bond donors (Lipinski definition) is 4. The molecule has 2 saturated heterocycles. The molecule has 4 N–H and O–H groups in total. The number of carbonyl (C=O) groups excluding carboxylic acids is 1. The van der Waals surface area contributed by atoms with Gasteiger partial charge in [-0.25, -0.2) is 10.4 Å². The van der Waals surface area contributed by atoms with Crippen molar-refractivity contribution in [1.29, 1.82) is 0 Å².